The number of aromatic carboxylic acids is 1. The van der Waals surface area contributed by atoms with Gasteiger partial charge in [0.2, 0.25) is 5.91 Å². The van der Waals surface area contributed by atoms with E-state index in [1.165, 1.54) is 6.20 Å². The highest BCUT2D eigenvalue weighted by molar-refractivity contribution is 7.13. The van der Waals surface area contributed by atoms with Crippen molar-refractivity contribution in [2.45, 2.75) is 26.3 Å². The van der Waals surface area contributed by atoms with Crippen molar-refractivity contribution in [2.24, 2.45) is 5.41 Å². The summed E-state index contributed by atoms with van der Waals surface area (Å²) in [5.74, 6) is -1.38. The fraction of sp³-hybridized carbons (Fsp3) is 0.280. The number of alkyl carbamates (subject to hydrolysis) is 1. The van der Waals surface area contributed by atoms with E-state index < -0.39 is 17.5 Å². The van der Waals surface area contributed by atoms with Crippen molar-refractivity contribution in [1.29, 1.82) is 0 Å². The molecule has 1 aliphatic rings. The molecule has 0 fully saturated rings. The maximum absolute atomic E-state index is 12.6. The van der Waals surface area contributed by atoms with E-state index in [9.17, 15) is 14.4 Å². The third-order valence-corrected chi connectivity index (χ3v) is 6.78. The van der Waals surface area contributed by atoms with Crippen molar-refractivity contribution < 1.29 is 24.2 Å². The molecule has 9 heteroatoms. The number of aromatic nitrogens is 1. The van der Waals surface area contributed by atoms with Crippen molar-refractivity contribution >= 4 is 29.3 Å². The van der Waals surface area contributed by atoms with Gasteiger partial charge in [0.1, 0.15) is 16.5 Å². The zero-order valence-corrected chi connectivity index (χ0v) is 19.6. The molecule has 4 rings (SSSR count). The van der Waals surface area contributed by atoms with Gasteiger partial charge in [-0.2, -0.15) is 0 Å². The van der Waals surface area contributed by atoms with E-state index in [1.54, 1.807) is 13.8 Å². The van der Waals surface area contributed by atoms with Crippen LogP contribution in [0.2, 0.25) is 0 Å². The van der Waals surface area contributed by atoms with Crippen LogP contribution < -0.4 is 10.6 Å². The first kappa shape index (κ1) is 23.4. The first-order chi connectivity index (χ1) is 16.3. The monoisotopic (exact) mass is 479 g/mol. The first-order valence-corrected chi connectivity index (χ1v) is 11.6. The van der Waals surface area contributed by atoms with Crippen LogP contribution in [0.25, 0.3) is 11.1 Å². The predicted molar refractivity (Wildman–Crippen MR) is 128 cm³/mol. The molecule has 0 saturated carbocycles. The molecule has 1 aliphatic carbocycles. The molecular formula is C25H25N3O5S. The van der Waals surface area contributed by atoms with Gasteiger partial charge in [-0.05, 0) is 36.1 Å². The number of carbonyl (C=O) groups is 3. The van der Waals surface area contributed by atoms with Crippen molar-refractivity contribution in [3.8, 4) is 11.1 Å². The minimum atomic E-state index is -1.05. The number of rotatable bonds is 8. The number of hydrogen-bond acceptors (Lipinski definition) is 6. The van der Waals surface area contributed by atoms with Crippen LogP contribution in [-0.4, -0.2) is 41.2 Å². The molecule has 1 aromatic heterocycles. The van der Waals surface area contributed by atoms with Gasteiger partial charge in [0.05, 0.1) is 18.2 Å². The minimum absolute atomic E-state index is 0.0385. The van der Waals surface area contributed by atoms with E-state index in [-0.39, 0.29) is 36.4 Å². The zero-order valence-electron chi connectivity index (χ0n) is 18.8. The Labute approximate surface area is 201 Å². The molecule has 0 bridgehead atoms. The summed E-state index contributed by atoms with van der Waals surface area (Å²) in [6.07, 6.45) is 0.673. The quantitative estimate of drug-likeness (QED) is 0.449. The Bertz CT molecular complexity index is 1190. The molecule has 8 nitrogen and oxygen atoms in total. The van der Waals surface area contributed by atoms with Crippen LogP contribution >= 0.6 is 11.3 Å². The second kappa shape index (κ2) is 9.64. The summed E-state index contributed by atoms with van der Waals surface area (Å²) < 4.78 is 5.52. The number of fused-ring (bicyclic) bond motifs is 3. The molecule has 3 N–H and O–H groups in total. The van der Waals surface area contributed by atoms with Gasteiger partial charge in [0, 0.05) is 12.5 Å². The second-order valence-corrected chi connectivity index (χ2v) is 9.78. The van der Waals surface area contributed by atoms with Gasteiger partial charge in [0.25, 0.3) is 0 Å². The number of carboxylic acid groups (broad SMARTS) is 1. The average Bonchev–Trinajstić information content (AvgIpc) is 3.43. The number of carboxylic acids is 1. The van der Waals surface area contributed by atoms with Crippen molar-refractivity contribution in [3.63, 3.8) is 0 Å². The molecule has 2 amide bonds. The van der Waals surface area contributed by atoms with E-state index in [2.05, 4.69) is 39.9 Å². The van der Waals surface area contributed by atoms with Crippen LogP contribution in [0.15, 0.2) is 54.7 Å². The Morgan fingerprint density at radius 3 is 2.24 bits per heavy atom. The van der Waals surface area contributed by atoms with Gasteiger partial charge in [-0.15, -0.1) is 11.3 Å². The Kier molecular flexibility index (Phi) is 6.65. The maximum atomic E-state index is 12.6. The minimum Gasteiger partial charge on any atom is -0.477 e. The van der Waals surface area contributed by atoms with E-state index in [0.717, 1.165) is 33.6 Å². The summed E-state index contributed by atoms with van der Waals surface area (Å²) in [5, 5.41) is 14.9. The summed E-state index contributed by atoms with van der Waals surface area (Å²) in [5.41, 5.74) is 3.66. The smallest absolute Gasteiger partial charge is 0.407 e. The number of carbonyl (C=O) groups excluding carboxylic acids is 2. The molecule has 0 saturated heterocycles. The lowest BCUT2D eigenvalue weighted by molar-refractivity contribution is -0.129. The van der Waals surface area contributed by atoms with E-state index in [0.29, 0.717) is 5.01 Å². The highest BCUT2D eigenvalue weighted by Gasteiger charge is 2.31. The van der Waals surface area contributed by atoms with Gasteiger partial charge in [-0.25, -0.2) is 14.6 Å². The normalized spacial score (nSPS) is 12.5. The second-order valence-electron chi connectivity index (χ2n) is 8.67. The molecule has 0 aliphatic heterocycles. The lowest BCUT2D eigenvalue weighted by atomic mass is 9.92. The predicted octanol–water partition coefficient (Wildman–Crippen LogP) is 4.02. The van der Waals surface area contributed by atoms with E-state index in [4.69, 9.17) is 9.84 Å². The van der Waals surface area contributed by atoms with Gasteiger partial charge < -0.3 is 20.5 Å². The number of nitrogens with zero attached hydrogens (tertiary/aromatic N) is 1. The van der Waals surface area contributed by atoms with Gasteiger partial charge in [-0.3, -0.25) is 4.79 Å². The summed E-state index contributed by atoms with van der Waals surface area (Å²) >= 11 is 1.01. The molecule has 34 heavy (non-hydrogen) atoms. The van der Waals surface area contributed by atoms with Crippen LogP contribution in [-0.2, 0) is 16.1 Å². The van der Waals surface area contributed by atoms with Crippen molar-refractivity contribution in [3.05, 3.63) is 75.7 Å². The third kappa shape index (κ3) is 4.94. The lowest BCUT2D eigenvalue weighted by Gasteiger charge is -2.24. The molecule has 3 aromatic rings. The fourth-order valence-electron chi connectivity index (χ4n) is 3.91. The molecular weight excluding hydrogens is 454 g/mol. The standard InChI is InChI=1S/C25H25N3O5S/c1-25(2,23(31)27-12-21-26-11-20(34-21)22(29)30)14-28-24(32)33-13-19-17-9-5-3-7-15(17)16-8-4-6-10-18(16)19/h3-11,19H,12-14H2,1-2H3,(H,27,31)(H,28,32)(H,29,30). The molecule has 0 radical (unpaired) electrons. The zero-order chi connectivity index (χ0) is 24.3. The highest BCUT2D eigenvalue weighted by atomic mass is 32.1. The van der Waals surface area contributed by atoms with Crippen LogP contribution in [0, 0.1) is 5.41 Å². The van der Waals surface area contributed by atoms with Crippen LogP contribution in [0.4, 0.5) is 4.79 Å². The van der Waals surface area contributed by atoms with Crippen molar-refractivity contribution in [2.75, 3.05) is 13.2 Å². The highest BCUT2D eigenvalue weighted by Crippen LogP contribution is 2.44. The van der Waals surface area contributed by atoms with Crippen molar-refractivity contribution in [1.82, 2.24) is 15.6 Å². The largest absolute Gasteiger partial charge is 0.477 e. The molecule has 0 spiro atoms. The number of amides is 2. The first-order valence-electron chi connectivity index (χ1n) is 10.8. The third-order valence-electron chi connectivity index (χ3n) is 5.80. The summed E-state index contributed by atoms with van der Waals surface area (Å²) in [6.45, 7) is 3.80. The number of ether oxygens (including phenoxy) is 1. The fourth-order valence-corrected chi connectivity index (χ4v) is 4.61. The van der Waals surface area contributed by atoms with E-state index in [1.807, 2.05) is 24.3 Å². The summed E-state index contributed by atoms with van der Waals surface area (Å²) in [4.78, 5) is 40.1. The topological polar surface area (TPSA) is 118 Å². The molecule has 1 heterocycles. The van der Waals surface area contributed by atoms with Gasteiger partial charge in [0.15, 0.2) is 0 Å². The lowest BCUT2D eigenvalue weighted by Crippen LogP contribution is -2.44. The van der Waals surface area contributed by atoms with Crippen LogP contribution in [0.1, 0.15) is 45.6 Å². The van der Waals surface area contributed by atoms with E-state index >= 15 is 0 Å². The van der Waals surface area contributed by atoms with Gasteiger partial charge >= 0.3 is 12.1 Å². The number of benzene rings is 2. The summed E-state index contributed by atoms with van der Waals surface area (Å²) in [6, 6.07) is 16.2. The average molecular weight is 480 g/mol. The molecule has 0 unspecified atom stereocenters. The Balaban J connectivity index is 1.28. The van der Waals surface area contributed by atoms with Crippen LogP contribution in [0.5, 0.6) is 0 Å². The molecule has 176 valence electrons. The Hall–Kier alpha value is -3.72. The summed E-state index contributed by atoms with van der Waals surface area (Å²) in [7, 11) is 0. The SMILES string of the molecule is CC(C)(CNC(=O)OCC1c2ccccc2-c2ccccc21)C(=O)NCc1ncc(C(=O)O)s1. The Morgan fingerprint density at radius 2 is 1.65 bits per heavy atom. The Morgan fingerprint density at radius 1 is 1.03 bits per heavy atom. The number of nitrogens with one attached hydrogen (secondary N) is 2. The maximum Gasteiger partial charge on any atom is 0.407 e. The van der Waals surface area contributed by atoms with Gasteiger partial charge in [-0.1, -0.05) is 48.5 Å². The molecule has 2 aromatic carbocycles. The van der Waals surface area contributed by atoms with Crippen LogP contribution in [0.3, 0.4) is 0 Å². The number of thiazole rings is 1. The number of hydrogen-bond donors (Lipinski definition) is 3. The molecule has 0 atom stereocenters.